The molecule has 35 heavy (non-hydrogen) atoms. The minimum Gasteiger partial charge on any atom is -0.362 e. The van der Waals surface area contributed by atoms with Gasteiger partial charge in [0.2, 0.25) is 11.7 Å². The second kappa shape index (κ2) is 6.94. The zero-order valence-corrected chi connectivity index (χ0v) is 20.8. The van der Waals surface area contributed by atoms with Crippen molar-refractivity contribution < 1.29 is 33.2 Å². The molecule has 5 fully saturated rings. The van der Waals surface area contributed by atoms with Crippen LogP contribution < -0.4 is 0 Å². The zero-order valence-electron chi connectivity index (χ0n) is 20.8. The fourth-order valence-corrected chi connectivity index (χ4v) is 7.65. The molecule has 0 unspecified atom stereocenters. The maximum absolute atomic E-state index is 14.2. The van der Waals surface area contributed by atoms with Crippen LogP contribution in [0.2, 0.25) is 0 Å². The molecular formula is C27H33NO7. The quantitative estimate of drug-likeness (QED) is 0.612. The summed E-state index contributed by atoms with van der Waals surface area (Å²) in [4.78, 5) is 16.2. The van der Waals surface area contributed by atoms with Gasteiger partial charge in [0, 0.05) is 19.6 Å². The summed E-state index contributed by atoms with van der Waals surface area (Å²) in [6, 6.07) is 9.74. The molecule has 2 bridgehead atoms. The van der Waals surface area contributed by atoms with Gasteiger partial charge in [-0.15, -0.1) is 0 Å². The highest BCUT2D eigenvalue weighted by molar-refractivity contribution is 5.83. The first-order chi connectivity index (χ1) is 16.6. The summed E-state index contributed by atoms with van der Waals surface area (Å²) >= 11 is 0. The van der Waals surface area contributed by atoms with E-state index in [0.717, 1.165) is 5.56 Å². The van der Waals surface area contributed by atoms with Crippen molar-refractivity contribution in [2.24, 2.45) is 11.8 Å². The second-order valence-corrected chi connectivity index (χ2v) is 11.6. The molecule has 9 atom stereocenters. The lowest BCUT2D eigenvalue weighted by molar-refractivity contribution is -0.317. The number of rotatable bonds is 3. The molecule has 1 spiro atoms. The maximum Gasteiger partial charge on any atom is 0.229 e. The van der Waals surface area contributed by atoms with E-state index in [4.69, 9.17) is 28.4 Å². The smallest absolute Gasteiger partial charge is 0.229 e. The first-order valence-electron chi connectivity index (χ1n) is 12.6. The van der Waals surface area contributed by atoms with Crippen LogP contribution in [0.25, 0.3) is 0 Å². The molecule has 0 radical (unpaired) electrons. The van der Waals surface area contributed by atoms with Crippen LogP contribution in [0.15, 0.2) is 42.5 Å². The lowest BCUT2D eigenvalue weighted by Gasteiger charge is -2.59. The van der Waals surface area contributed by atoms with E-state index in [0.29, 0.717) is 13.0 Å². The van der Waals surface area contributed by atoms with E-state index in [-0.39, 0.29) is 29.9 Å². The number of piperidine rings is 1. The van der Waals surface area contributed by atoms with Crippen LogP contribution in [0, 0.1) is 11.8 Å². The van der Waals surface area contributed by atoms with Gasteiger partial charge in [0.15, 0.2) is 11.6 Å². The highest BCUT2D eigenvalue weighted by Gasteiger charge is 2.79. The molecule has 0 aromatic heterocycles. The minimum absolute atomic E-state index is 0.0801. The van der Waals surface area contributed by atoms with Crippen molar-refractivity contribution in [3.63, 3.8) is 0 Å². The number of likely N-dealkylation sites (tertiary alicyclic amines) is 1. The Balaban J connectivity index is 1.42. The first-order valence-corrected chi connectivity index (χ1v) is 12.6. The van der Waals surface area contributed by atoms with Gasteiger partial charge in [-0.3, -0.25) is 4.79 Å². The standard InChI is InChI=1S/C27H33NO7/c1-24(2)32-20-19-18(21-27(30-5,22(20)34-24)35-25(3,4)33-21)26-12-11-16(31-26)13-17(26)23(29)28(19)14-15-9-7-6-8-10-15/h6-12,16-22H,13-14H2,1-5H3/t16-,17-,18-,19-,20+,21-,22+,26+,27-/m1/s1. The third-order valence-corrected chi connectivity index (χ3v) is 8.69. The summed E-state index contributed by atoms with van der Waals surface area (Å²) in [5, 5.41) is 0. The molecule has 7 rings (SSSR count). The number of methoxy groups -OCH3 is 1. The zero-order chi connectivity index (χ0) is 24.4. The molecule has 8 heteroatoms. The Morgan fingerprint density at radius 3 is 2.46 bits per heavy atom. The van der Waals surface area contributed by atoms with E-state index in [1.807, 2.05) is 50.8 Å². The van der Waals surface area contributed by atoms with Crippen LogP contribution in [0.5, 0.6) is 0 Å². The van der Waals surface area contributed by atoms with E-state index in [1.54, 1.807) is 7.11 Å². The molecule has 6 aliphatic rings. The van der Waals surface area contributed by atoms with Gasteiger partial charge < -0.3 is 33.3 Å². The van der Waals surface area contributed by atoms with Gasteiger partial charge in [-0.2, -0.15) is 0 Å². The largest absolute Gasteiger partial charge is 0.362 e. The Labute approximate surface area is 205 Å². The Morgan fingerprint density at radius 2 is 1.74 bits per heavy atom. The van der Waals surface area contributed by atoms with Crippen molar-refractivity contribution in [3.8, 4) is 0 Å². The van der Waals surface area contributed by atoms with E-state index in [1.165, 1.54) is 0 Å². The monoisotopic (exact) mass is 483 g/mol. The molecule has 1 amide bonds. The van der Waals surface area contributed by atoms with E-state index < -0.39 is 41.3 Å². The van der Waals surface area contributed by atoms with Crippen LogP contribution in [0.3, 0.4) is 0 Å². The van der Waals surface area contributed by atoms with Crippen molar-refractivity contribution >= 4 is 5.91 Å². The molecule has 1 saturated carbocycles. The highest BCUT2D eigenvalue weighted by atomic mass is 16.9. The van der Waals surface area contributed by atoms with E-state index in [2.05, 4.69) is 24.3 Å². The fraction of sp³-hybridized carbons (Fsp3) is 0.667. The average Bonchev–Trinajstić information content (AvgIpc) is 3.54. The van der Waals surface area contributed by atoms with Gasteiger partial charge >= 0.3 is 0 Å². The van der Waals surface area contributed by atoms with Gasteiger partial charge in [-0.1, -0.05) is 42.5 Å². The van der Waals surface area contributed by atoms with E-state index in [9.17, 15) is 4.79 Å². The van der Waals surface area contributed by atoms with Gasteiger partial charge in [0.25, 0.3) is 0 Å². The number of carbonyl (C=O) groups is 1. The molecule has 0 N–H and O–H groups in total. The van der Waals surface area contributed by atoms with E-state index >= 15 is 0 Å². The Kier molecular flexibility index (Phi) is 4.44. The normalized spacial score (nSPS) is 48.0. The Morgan fingerprint density at radius 1 is 1.00 bits per heavy atom. The summed E-state index contributed by atoms with van der Waals surface area (Å²) in [6.45, 7) is 8.05. The molecule has 188 valence electrons. The van der Waals surface area contributed by atoms with Crippen molar-refractivity contribution in [1.29, 1.82) is 0 Å². The Bertz CT molecular complexity index is 1090. The number of hydrogen-bond acceptors (Lipinski definition) is 7. The van der Waals surface area contributed by atoms with Crippen LogP contribution in [-0.2, 0) is 39.8 Å². The maximum atomic E-state index is 14.2. The summed E-state index contributed by atoms with van der Waals surface area (Å²) < 4.78 is 39.1. The van der Waals surface area contributed by atoms with Crippen LogP contribution in [0.1, 0.15) is 39.7 Å². The summed E-state index contributed by atoms with van der Waals surface area (Å²) in [6.07, 6.45) is 3.17. The lowest BCUT2D eigenvalue weighted by atomic mass is 9.59. The molecular weight excluding hydrogens is 450 g/mol. The molecule has 4 saturated heterocycles. The Hall–Kier alpha value is -1.81. The molecule has 5 aliphatic heterocycles. The number of amides is 1. The number of nitrogens with zero attached hydrogens (tertiary/aromatic N) is 1. The third kappa shape index (κ3) is 2.87. The number of fused-ring (bicyclic) bond motifs is 7. The highest BCUT2D eigenvalue weighted by Crippen LogP contribution is 2.63. The number of benzene rings is 1. The van der Waals surface area contributed by atoms with Crippen molar-refractivity contribution in [1.82, 2.24) is 4.90 Å². The summed E-state index contributed by atoms with van der Waals surface area (Å²) in [7, 11) is 1.64. The summed E-state index contributed by atoms with van der Waals surface area (Å²) in [5.74, 6) is -3.45. The second-order valence-electron chi connectivity index (χ2n) is 11.6. The molecule has 1 aliphatic carbocycles. The molecule has 5 heterocycles. The predicted molar refractivity (Wildman–Crippen MR) is 123 cm³/mol. The van der Waals surface area contributed by atoms with Gasteiger partial charge in [-0.05, 0) is 39.7 Å². The first kappa shape index (κ1) is 22.4. The van der Waals surface area contributed by atoms with Crippen molar-refractivity contribution in [2.45, 2.75) is 94.1 Å². The van der Waals surface area contributed by atoms with Crippen molar-refractivity contribution in [3.05, 3.63) is 48.0 Å². The SMILES string of the molecule is CO[C@@]12OC(C)(C)O[C@@H]1[C@H]1[C@H]([C@@H]3OC(C)(C)O[C@@H]32)N(Cc2ccccc2)C(=O)[C@H]2C[C@H]3C=C[C@@]12O3. The average molecular weight is 484 g/mol. The lowest BCUT2D eigenvalue weighted by Crippen LogP contribution is -2.78. The minimum atomic E-state index is -1.20. The third-order valence-electron chi connectivity index (χ3n) is 8.69. The van der Waals surface area contributed by atoms with Crippen LogP contribution in [-0.4, -0.2) is 71.3 Å². The predicted octanol–water partition coefficient (Wildman–Crippen LogP) is 2.76. The topological polar surface area (TPSA) is 75.7 Å². The number of hydrogen-bond donors (Lipinski definition) is 0. The summed E-state index contributed by atoms with van der Waals surface area (Å²) in [5.41, 5.74) is 0.274. The molecule has 1 aromatic carbocycles. The molecule has 8 nitrogen and oxygen atoms in total. The number of carbonyl (C=O) groups excluding carboxylic acids is 1. The van der Waals surface area contributed by atoms with Crippen LogP contribution in [0.4, 0.5) is 0 Å². The molecule has 1 aromatic rings. The van der Waals surface area contributed by atoms with Gasteiger partial charge in [-0.25, -0.2) is 0 Å². The van der Waals surface area contributed by atoms with Gasteiger partial charge in [0.05, 0.1) is 18.1 Å². The van der Waals surface area contributed by atoms with Gasteiger partial charge in [0.1, 0.15) is 23.9 Å². The fourth-order valence-electron chi connectivity index (χ4n) is 7.65. The number of ether oxygens (including phenoxy) is 6. The van der Waals surface area contributed by atoms with Crippen molar-refractivity contribution in [2.75, 3.05) is 7.11 Å². The van der Waals surface area contributed by atoms with Crippen LogP contribution >= 0.6 is 0 Å².